The van der Waals surface area contributed by atoms with Gasteiger partial charge in [-0.05, 0) is 51.8 Å². The molecule has 7 nitrogen and oxygen atoms in total. The fourth-order valence-corrected chi connectivity index (χ4v) is 3.73. The molecule has 0 bridgehead atoms. The van der Waals surface area contributed by atoms with Crippen LogP contribution in [-0.4, -0.2) is 29.0 Å². The molecule has 1 aromatic heterocycles. The van der Waals surface area contributed by atoms with Gasteiger partial charge in [0.05, 0.1) is 28.7 Å². The summed E-state index contributed by atoms with van der Waals surface area (Å²) in [6, 6.07) is 8.76. The second-order valence-corrected chi connectivity index (χ2v) is 8.55. The molecule has 0 saturated carbocycles. The van der Waals surface area contributed by atoms with Crippen molar-refractivity contribution < 1.29 is 14.3 Å². The normalized spacial score (nSPS) is 11.4. The summed E-state index contributed by atoms with van der Waals surface area (Å²) in [4.78, 5) is 29.0. The minimum atomic E-state index is -0.461. The first-order valence-corrected chi connectivity index (χ1v) is 10.6. The number of fused-ring (bicyclic) bond motifs is 1. The molecule has 0 atom stereocenters. The number of ether oxygens (including phenoxy) is 2. The highest BCUT2D eigenvalue weighted by Gasteiger charge is 2.15. The molecule has 0 aliphatic carbocycles. The van der Waals surface area contributed by atoms with Crippen LogP contribution in [0.3, 0.4) is 0 Å². The Balaban J connectivity index is 2.13. The highest BCUT2D eigenvalue weighted by Crippen LogP contribution is 2.36. The second kappa shape index (κ2) is 9.09. The summed E-state index contributed by atoms with van der Waals surface area (Å²) in [5.41, 5.74) is 1.00. The number of methoxy groups -OCH3 is 1. The quantitative estimate of drug-likeness (QED) is 0.264. The van der Waals surface area contributed by atoms with Crippen molar-refractivity contribution in [3.05, 3.63) is 61.0 Å². The number of nitrogens with zero attached hydrogens (tertiary/aromatic N) is 3. The summed E-state index contributed by atoms with van der Waals surface area (Å²) in [6.07, 6.45) is 1.53. The topological polar surface area (TPSA) is 82.8 Å². The van der Waals surface area contributed by atoms with Crippen LogP contribution in [0.4, 0.5) is 0 Å². The van der Waals surface area contributed by atoms with E-state index in [4.69, 9.17) is 9.47 Å². The van der Waals surface area contributed by atoms with E-state index in [9.17, 15) is 9.59 Å². The van der Waals surface area contributed by atoms with Crippen LogP contribution >= 0.6 is 31.9 Å². The van der Waals surface area contributed by atoms with Gasteiger partial charge in [0.2, 0.25) is 0 Å². The van der Waals surface area contributed by atoms with Crippen molar-refractivity contribution in [3.63, 3.8) is 0 Å². The van der Waals surface area contributed by atoms with Crippen molar-refractivity contribution in [1.82, 2.24) is 9.66 Å². The smallest absolute Gasteiger partial charge is 0.308 e. The number of carbonyl (C=O) groups excluding carboxylic acids is 1. The van der Waals surface area contributed by atoms with Gasteiger partial charge in [0.1, 0.15) is 5.82 Å². The molecule has 0 N–H and O–H groups in total. The molecular formula is C21H19Br2N3O4. The molecule has 1 heterocycles. The van der Waals surface area contributed by atoms with Crippen molar-refractivity contribution in [2.45, 2.75) is 26.7 Å². The molecular weight excluding hydrogens is 518 g/mol. The SMILES string of the molecule is COc1cc(C=Nn2c(C(C)C)nc3ccc(Br)cc3c2=O)cc(Br)c1OC(C)=O. The summed E-state index contributed by atoms with van der Waals surface area (Å²) in [5, 5.41) is 4.87. The van der Waals surface area contributed by atoms with E-state index in [1.165, 1.54) is 24.9 Å². The maximum Gasteiger partial charge on any atom is 0.308 e. The van der Waals surface area contributed by atoms with Crippen LogP contribution in [-0.2, 0) is 4.79 Å². The highest BCUT2D eigenvalue weighted by atomic mass is 79.9. The molecule has 0 radical (unpaired) electrons. The lowest BCUT2D eigenvalue weighted by molar-refractivity contribution is -0.132. The summed E-state index contributed by atoms with van der Waals surface area (Å²) in [6.45, 7) is 5.21. The third-order valence-corrected chi connectivity index (χ3v) is 5.25. The number of esters is 1. The fourth-order valence-electron chi connectivity index (χ4n) is 2.83. The number of benzene rings is 2. The monoisotopic (exact) mass is 535 g/mol. The molecule has 0 amide bonds. The number of halogens is 2. The first-order chi connectivity index (χ1) is 14.2. The van der Waals surface area contributed by atoms with E-state index in [1.54, 1.807) is 24.3 Å². The molecule has 0 unspecified atom stereocenters. The fraction of sp³-hybridized carbons (Fsp3) is 0.238. The van der Waals surface area contributed by atoms with E-state index in [-0.39, 0.29) is 17.2 Å². The standard InChI is InChI=1S/C21H19Br2N3O4/c1-11(2)20-25-17-6-5-14(22)9-15(17)21(28)26(20)24-10-13-7-16(23)19(30-12(3)27)18(8-13)29-4/h5-11H,1-4H3. The Morgan fingerprint density at radius 1 is 1.23 bits per heavy atom. The minimum Gasteiger partial charge on any atom is -0.493 e. The van der Waals surface area contributed by atoms with Gasteiger partial charge in [-0.15, -0.1) is 0 Å². The number of hydrogen-bond donors (Lipinski definition) is 0. The Kier molecular flexibility index (Phi) is 6.72. The molecule has 3 aromatic rings. The average molecular weight is 537 g/mol. The van der Waals surface area contributed by atoms with Crippen LogP contribution < -0.4 is 15.0 Å². The maximum absolute atomic E-state index is 13.1. The van der Waals surface area contributed by atoms with E-state index in [2.05, 4.69) is 41.9 Å². The first kappa shape index (κ1) is 22.2. The Morgan fingerprint density at radius 3 is 2.60 bits per heavy atom. The van der Waals surface area contributed by atoms with Gasteiger partial charge in [-0.3, -0.25) is 9.59 Å². The van der Waals surface area contributed by atoms with Crippen LogP contribution in [0.5, 0.6) is 11.5 Å². The Morgan fingerprint density at radius 2 is 1.97 bits per heavy atom. The number of carbonyl (C=O) groups is 1. The van der Waals surface area contributed by atoms with E-state index in [0.29, 0.717) is 32.5 Å². The Bertz CT molecular complexity index is 1220. The minimum absolute atomic E-state index is 0.0180. The van der Waals surface area contributed by atoms with Crippen molar-refractivity contribution in [2.75, 3.05) is 7.11 Å². The number of rotatable bonds is 5. The van der Waals surface area contributed by atoms with Crippen LogP contribution in [0.1, 0.15) is 38.1 Å². The molecule has 0 aliphatic rings. The third kappa shape index (κ3) is 4.62. The highest BCUT2D eigenvalue weighted by molar-refractivity contribution is 9.10. The zero-order valence-corrected chi connectivity index (χ0v) is 19.9. The molecule has 156 valence electrons. The summed E-state index contributed by atoms with van der Waals surface area (Å²) in [5.74, 6) is 0.707. The predicted molar refractivity (Wildman–Crippen MR) is 123 cm³/mol. The molecule has 30 heavy (non-hydrogen) atoms. The molecule has 2 aromatic carbocycles. The van der Waals surface area contributed by atoms with Crippen molar-refractivity contribution in [3.8, 4) is 11.5 Å². The van der Waals surface area contributed by atoms with E-state index in [1.807, 2.05) is 19.9 Å². The summed E-state index contributed by atoms with van der Waals surface area (Å²) < 4.78 is 13.1. The van der Waals surface area contributed by atoms with Gasteiger partial charge in [0.25, 0.3) is 5.56 Å². The molecule has 0 spiro atoms. The zero-order chi connectivity index (χ0) is 22.0. The predicted octanol–water partition coefficient (Wildman–Crippen LogP) is 4.86. The van der Waals surface area contributed by atoms with Gasteiger partial charge in [0, 0.05) is 17.3 Å². The summed E-state index contributed by atoms with van der Waals surface area (Å²) >= 11 is 6.77. The Labute approximate surface area is 190 Å². The third-order valence-electron chi connectivity index (χ3n) is 4.17. The summed E-state index contributed by atoms with van der Waals surface area (Å²) in [7, 11) is 1.47. The first-order valence-electron chi connectivity index (χ1n) is 9.03. The van der Waals surface area contributed by atoms with Gasteiger partial charge < -0.3 is 9.47 Å². The van der Waals surface area contributed by atoms with Crippen LogP contribution in [0.2, 0.25) is 0 Å². The van der Waals surface area contributed by atoms with Crippen molar-refractivity contribution >= 4 is 54.9 Å². The van der Waals surface area contributed by atoms with Crippen molar-refractivity contribution in [1.29, 1.82) is 0 Å². The molecule has 0 fully saturated rings. The van der Waals surface area contributed by atoms with Gasteiger partial charge in [-0.1, -0.05) is 29.8 Å². The van der Waals surface area contributed by atoms with Gasteiger partial charge in [0.15, 0.2) is 11.5 Å². The Hall–Kier alpha value is -2.52. The lowest BCUT2D eigenvalue weighted by Gasteiger charge is -2.13. The molecule has 9 heteroatoms. The lowest BCUT2D eigenvalue weighted by atomic mass is 10.2. The number of aromatic nitrogens is 2. The zero-order valence-electron chi connectivity index (χ0n) is 16.8. The number of hydrogen-bond acceptors (Lipinski definition) is 6. The molecule has 0 saturated heterocycles. The van der Waals surface area contributed by atoms with Gasteiger partial charge in [-0.25, -0.2) is 4.98 Å². The van der Waals surface area contributed by atoms with Crippen molar-refractivity contribution in [2.24, 2.45) is 5.10 Å². The van der Waals surface area contributed by atoms with Gasteiger partial charge in [-0.2, -0.15) is 9.78 Å². The van der Waals surface area contributed by atoms with Crippen LogP contribution in [0.25, 0.3) is 10.9 Å². The average Bonchev–Trinajstić information content (AvgIpc) is 2.68. The largest absolute Gasteiger partial charge is 0.493 e. The van der Waals surface area contributed by atoms with Crippen LogP contribution in [0, 0.1) is 0 Å². The lowest BCUT2D eigenvalue weighted by Crippen LogP contribution is -2.23. The molecule has 3 rings (SSSR count). The second-order valence-electron chi connectivity index (χ2n) is 6.78. The van der Waals surface area contributed by atoms with E-state index >= 15 is 0 Å². The van der Waals surface area contributed by atoms with Crippen LogP contribution in [0.15, 0.2) is 49.2 Å². The van der Waals surface area contributed by atoms with E-state index < -0.39 is 5.97 Å². The molecule has 0 aliphatic heterocycles. The van der Waals surface area contributed by atoms with Gasteiger partial charge >= 0.3 is 5.97 Å². The van der Waals surface area contributed by atoms with E-state index in [0.717, 1.165) is 4.47 Å². The maximum atomic E-state index is 13.1.